The highest BCUT2D eigenvalue weighted by Gasteiger charge is 2.23. The van der Waals surface area contributed by atoms with E-state index >= 15 is 0 Å². The normalized spacial score (nSPS) is 12.6. The van der Waals surface area contributed by atoms with Crippen LogP contribution in [0.4, 0.5) is 0 Å². The quantitative estimate of drug-likeness (QED) is 0.320. The Morgan fingerprint density at radius 1 is 1.03 bits per heavy atom. The smallest absolute Gasteiger partial charge is 0.308 e. The molecular formula is C25H25ClN2O5S2. The molecule has 0 bridgehead atoms. The first-order valence-corrected chi connectivity index (χ1v) is 13.6. The fraction of sp³-hybridized carbons (Fsp3) is 0.240. The first-order valence-electron chi connectivity index (χ1n) is 10.9. The van der Waals surface area contributed by atoms with Crippen LogP contribution >= 0.6 is 22.9 Å². The van der Waals surface area contributed by atoms with Gasteiger partial charge in [0.15, 0.2) is 11.5 Å². The lowest BCUT2D eigenvalue weighted by atomic mass is 10.1. The fourth-order valence-electron chi connectivity index (χ4n) is 3.87. The second kappa shape index (κ2) is 10.4. The van der Waals surface area contributed by atoms with Crippen LogP contribution < -0.4 is 19.1 Å². The van der Waals surface area contributed by atoms with Gasteiger partial charge in [-0.25, -0.2) is 13.1 Å². The Morgan fingerprint density at radius 2 is 1.77 bits per heavy atom. The number of aromatic nitrogens is 1. The van der Waals surface area contributed by atoms with Crippen molar-refractivity contribution in [2.24, 2.45) is 0 Å². The van der Waals surface area contributed by atoms with Crippen molar-refractivity contribution in [3.63, 3.8) is 0 Å². The molecule has 3 aromatic carbocycles. The fourth-order valence-corrected chi connectivity index (χ4v) is 6.41. The van der Waals surface area contributed by atoms with Crippen molar-refractivity contribution in [2.45, 2.75) is 30.8 Å². The molecule has 7 nitrogen and oxygen atoms in total. The molecule has 0 saturated heterocycles. The standard InChI is InChI=1S/C25H25ClN2O5S2/c1-4-20(16-9-12-22(32-2)23(13-16)33-3)27-35(30,31)18-10-11-21-24(14-18)34-25(29)28(21)15-17-7-5-6-8-19(17)26/h5-14,20,27H,4,15H2,1-3H3/t20-/m1/s1. The van der Waals surface area contributed by atoms with E-state index in [0.717, 1.165) is 22.5 Å². The Bertz CT molecular complexity index is 1530. The summed E-state index contributed by atoms with van der Waals surface area (Å²) >= 11 is 7.27. The van der Waals surface area contributed by atoms with Crippen molar-refractivity contribution in [3.8, 4) is 11.5 Å². The summed E-state index contributed by atoms with van der Waals surface area (Å²) in [7, 11) is -0.785. The summed E-state index contributed by atoms with van der Waals surface area (Å²) in [6.45, 7) is 2.20. The Morgan fingerprint density at radius 3 is 2.46 bits per heavy atom. The van der Waals surface area contributed by atoms with Gasteiger partial charge in [-0.1, -0.05) is 54.1 Å². The zero-order valence-electron chi connectivity index (χ0n) is 19.4. The zero-order chi connectivity index (χ0) is 25.2. The molecule has 1 heterocycles. The van der Waals surface area contributed by atoms with E-state index in [4.69, 9.17) is 21.1 Å². The van der Waals surface area contributed by atoms with Crippen LogP contribution in [0.25, 0.3) is 10.2 Å². The molecule has 1 aromatic heterocycles. The predicted molar refractivity (Wildman–Crippen MR) is 140 cm³/mol. The Kier molecular flexibility index (Phi) is 7.51. The van der Waals surface area contributed by atoms with E-state index in [2.05, 4.69) is 4.72 Å². The topological polar surface area (TPSA) is 86.6 Å². The Balaban J connectivity index is 1.64. The number of hydrogen-bond acceptors (Lipinski definition) is 6. The minimum Gasteiger partial charge on any atom is -0.493 e. The number of halogens is 1. The van der Waals surface area contributed by atoms with Gasteiger partial charge in [-0.2, -0.15) is 0 Å². The second-order valence-electron chi connectivity index (χ2n) is 7.87. The van der Waals surface area contributed by atoms with Gasteiger partial charge in [0, 0.05) is 11.1 Å². The minimum atomic E-state index is -3.86. The van der Waals surface area contributed by atoms with Crippen LogP contribution in [0.3, 0.4) is 0 Å². The Hall–Kier alpha value is -2.85. The summed E-state index contributed by atoms with van der Waals surface area (Å²) in [6, 6.07) is 16.9. The number of rotatable bonds is 9. The van der Waals surface area contributed by atoms with E-state index in [-0.39, 0.29) is 9.77 Å². The molecule has 0 aliphatic carbocycles. The van der Waals surface area contributed by atoms with Crippen LogP contribution in [0, 0.1) is 0 Å². The highest BCUT2D eigenvalue weighted by Crippen LogP contribution is 2.32. The monoisotopic (exact) mass is 532 g/mol. The molecule has 10 heteroatoms. The van der Waals surface area contributed by atoms with Gasteiger partial charge in [-0.05, 0) is 53.9 Å². The number of fused-ring (bicyclic) bond motifs is 1. The molecule has 0 aliphatic heterocycles. The summed E-state index contributed by atoms with van der Waals surface area (Å²) in [5.74, 6) is 1.09. The third-order valence-electron chi connectivity index (χ3n) is 5.75. The highest BCUT2D eigenvalue weighted by molar-refractivity contribution is 7.89. The second-order valence-corrected chi connectivity index (χ2v) is 11.0. The van der Waals surface area contributed by atoms with Gasteiger partial charge < -0.3 is 9.47 Å². The molecule has 0 saturated carbocycles. The highest BCUT2D eigenvalue weighted by atomic mass is 35.5. The maximum Gasteiger partial charge on any atom is 0.308 e. The summed E-state index contributed by atoms with van der Waals surface area (Å²) in [6.07, 6.45) is 0.526. The number of nitrogens with one attached hydrogen (secondary N) is 1. The van der Waals surface area contributed by atoms with Crippen molar-refractivity contribution < 1.29 is 17.9 Å². The summed E-state index contributed by atoms with van der Waals surface area (Å²) in [4.78, 5) is 12.6. The molecule has 0 fully saturated rings. The number of methoxy groups -OCH3 is 2. The molecule has 0 aliphatic rings. The first-order chi connectivity index (χ1) is 16.8. The number of benzene rings is 3. The molecule has 0 unspecified atom stereocenters. The average molecular weight is 533 g/mol. The van der Waals surface area contributed by atoms with Crippen molar-refractivity contribution in [2.75, 3.05) is 14.2 Å². The molecule has 1 atom stereocenters. The number of hydrogen-bond donors (Lipinski definition) is 1. The molecule has 1 N–H and O–H groups in total. The predicted octanol–water partition coefficient (Wildman–Crippen LogP) is 5.21. The van der Waals surface area contributed by atoms with Gasteiger partial charge in [-0.15, -0.1) is 0 Å². The number of thiazole rings is 1. The van der Waals surface area contributed by atoms with Crippen molar-refractivity contribution in [3.05, 3.63) is 86.5 Å². The maximum absolute atomic E-state index is 13.3. The van der Waals surface area contributed by atoms with Gasteiger partial charge in [0.1, 0.15) is 0 Å². The maximum atomic E-state index is 13.3. The zero-order valence-corrected chi connectivity index (χ0v) is 21.8. The molecule has 184 valence electrons. The van der Waals surface area contributed by atoms with E-state index in [1.165, 1.54) is 19.2 Å². The molecule has 0 radical (unpaired) electrons. The van der Waals surface area contributed by atoms with E-state index in [1.54, 1.807) is 35.9 Å². The number of ether oxygens (including phenoxy) is 2. The third-order valence-corrected chi connectivity index (χ3v) is 8.53. The lowest BCUT2D eigenvalue weighted by Crippen LogP contribution is -2.28. The number of nitrogens with zero attached hydrogens (tertiary/aromatic N) is 1. The van der Waals surface area contributed by atoms with Gasteiger partial charge in [0.05, 0.1) is 35.9 Å². The van der Waals surface area contributed by atoms with Gasteiger partial charge >= 0.3 is 4.87 Å². The summed E-state index contributed by atoms with van der Waals surface area (Å²) < 4.78 is 42.1. The van der Waals surface area contributed by atoms with Crippen LogP contribution in [0.15, 0.2) is 70.4 Å². The van der Waals surface area contributed by atoms with Crippen LogP contribution in [0.2, 0.25) is 5.02 Å². The van der Waals surface area contributed by atoms with Gasteiger partial charge in [0.2, 0.25) is 10.0 Å². The first kappa shape index (κ1) is 25.2. The summed E-state index contributed by atoms with van der Waals surface area (Å²) in [5.41, 5.74) is 2.23. The van der Waals surface area contributed by atoms with E-state index in [9.17, 15) is 13.2 Å². The lowest BCUT2D eigenvalue weighted by molar-refractivity contribution is 0.354. The largest absolute Gasteiger partial charge is 0.493 e. The molecular weight excluding hydrogens is 508 g/mol. The Labute approximate surface area is 212 Å². The molecule has 4 rings (SSSR count). The van der Waals surface area contributed by atoms with E-state index in [1.807, 2.05) is 31.2 Å². The van der Waals surface area contributed by atoms with Crippen molar-refractivity contribution >= 4 is 43.2 Å². The third kappa shape index (κ3) is 5.23. The van der Waals surface area contributed by atoms with Crippen LogP contribution in [0.5, 0.6) is 11.5 Å². The van der Waals surface area contributed by atoms with Gasteiger partial charge in [-0.3, -0.25) is 9.36 Å². The molecule has 4 aromatic rings. The van der Waals surface area contributed by atoms with Crippen molar-refractivity contribution in [1.29, 1.82) is 0 Å². The number of sulfonamides is 1. The van der Waals surface area contributed by atoms with Crippen LogP contribution in [0.1, 0.15) is 30.5 Å². The van der Waals surface area contributed by atoms with Gasteiger partial charge in [0.25, 0.3) is 0 Å². The van der Waals surface area contributed by atoms with E-state index < -0.39 is 16.1 Å². The minimum absolute atomic E-state index is 0.0927. The van der Waals surface area contributed by atoms with Crippen LogP contribution in [-0.4, -0.2) is 27.2 Å². The van der Waals surface area contributed by atoms with Crippen LogP contribution in [-0.2, 0) is 16.6 Å². The van der Waals surface area contributed by atoms with Crippen molar-refractivity contribution in [1.82, 2.24) is 9.29 Å². The van der Waals surface area contributed by atoms with E-state index in [0.29, 0.717) is 39.7 Å². The molecule has 0 amide bonds. The summed E-state index contributed by atoms with van der Waals surface area (Å²) in [5, 5.41) is 0.572. The lowest BCUT2D eigenvalue weighted by Gasteiger charge is -2.19. The molecule has 0 spiro atoms. The average Bonchev–Trinajstić information content (AvgIpc) is 3.17. The molecule has 35 heavy (non-hydrogen) atoms. The SMILES string of the molecule is CC[C@@H](NS(=O)(=O)c1ccc2c(c1)sc(=O)n2Cc1ccccc1Cl)c1ccc(OC)c(OC)c1.